The van der Waals surface area contributed by atoms with E-state index in [1.807, 2.05) is 6.92 Å². The number of aliphatic imine (C=N–C) groups is 1. The minimum Gasteiger partial charge on any atom is -0.290 e. The third kappa shape index (κ3) is 2.98. The molecule has 106 valence electrons. The molecule has 7 heteroatoms. The molecule has 1 aliphatic heterocycles. The van der Waals surface area contributed by atoms with Crippen LogP contribution in [0.15, 0.2) is 23.2 Å². The molecule has 0 saturated carbocycles. The van der Waals surface area contributed by atoms with E-state index in [1.165, 1.54) is 23.9 Å². The molecular weight excluding hydrogens is 278 g/mol. The summed E-state index contributed by atoms with van der Waals surface area (Å²) in [5, 5.41) is 11.4. The molecule has 20 heavy (non-hydrogen) atoms. The van der Waals surface area contributed by atoms with Crippen LogP contribution < -0.4 is 0 Å². The molecule has 0 aliphatic carbocycles. The number of hydrogen-bond acceptors (Lipinski definition) is 5. The number of carbonyl (C=O) groups excluding carboxylic acids is 1. The summed E-state index contributed by atoms with van der Waals surface area (Å²) in [6.45, 7) is 4.26. The fraction of sp³-hybridized carbons (Fsp3) is 0.385. The number of benzene rings is 1. The maximum absolute atomic E-state index is 11.8. The van der Waals surface area contributed by atoms with E-state index in [0.717, 1.165) is 11.3 Å². The fourth-order valence-electron chi connectivity index (χ4n) is 1.90. The number of nitro benzene ring substituents is 1. The van der Waals surface area contributed by atoms with Gasteiger partial charge in [-0.25, -0.2) is 4.99 Å². The number of nitrogens with zero attached hydrogens (tertiary/aromatic N) is 3. The Bertz CT molecular complexity index is 586. The second kappa shape index (κ2) is 6.04. The van der Waals surface area contributed by atoms with Crippen LogP contribution in [0, 0.1) is 17.0 Å². The van der Waals surface area contributed by atoms with E-state index in [1.54, 1.807) is 17.9 Å². The topological polar surface area (TPSA) is 75.8 Å². The Hall–Kier alpha value is -1.89. The van der Waals surface area contributed by atoms with Crippen molar-refractivity contribution in [3.63, 3.8) is 0 Å². The lowest BCUT2D eigenvalue weighted by atomic mass is 10.2. The smallest absolute Gasteiger partial charge is 0.269 e. The molecule has 0 radical (unpaired) electrons. The van der Waals surface area contributed by atoms with Gasteiger partial charge in [-0.3, -0.25) is 19.8 Å². The number of thioether (sulfide) groups is 1. The van der Waals surface area contributed by atoms with Crippen molar-refractivity contribution < 1.29 is 9.72 Å². The lowest BCUT2D eigenvalue weighted by molar-refractivity contribution is -0.384. The maximum Gasteiger partial charge on any atom is 0.269 e. The Morgan fingerprint density at radius 1 is 1.55 bits per heavy atom. The van der Waals surface area contributed by atoms with Crippen molar-refractivity contribution in [1.29, 1.82) is 0 Å². The molecule has 1 aromatic rings. The summed E-state index contributed by atoms with van der Waals surface area (Å²) in [5.41, 5.74) is 1.43. The van der Waals surface area contributed by atoms with Crippen LogP contribution in [0.2, 0.25) is 0 Å². The van der Waals surface area contributed by atoms with E-state index in [9.17, 15) is 14.9 Å². The monoisotopic (exact) mass is 293 g/mol. The van der Waals surface area contributed by atoms with Crippen LogP contribution in [0.4, 0.5) is 11.4 Å². The highest BCUT2D eigenvalue weighted by Crippen LogP contribution is 2.28. The van der Waals surface area contributed by atoms with Gasteiger partial charge in [0.25, 0.3) is 5.69 Å². The number of amides is 1. The second-order valence-electron chi connectivity index (χ2n) is 4.37. The van der Waals surface area contributed by atoms with E-state index < -0.39 is 4.92 Å². The van der Waals surface area contributed by atoms with Crippen molar-refractivity contribution in [3.05, 3.63) is 33.9 Å². The molecule has 1 fully saturated rings. The van der Waals surface area contributed by atoms with Crippen LogP contribution in [-0.4, -0.2) is 33.2 Å². The Balaban J connectivity index is 2.30. The minimum absolute atomic E-state index is 0.0482. The van der Waals surface area contributed by atoms with Gasteiger partial charge >= 0.3 is 0 Å². The first-order valence-electron chi connectivity index (χ1n) is 6.30. The number of amidine groups is 1. The summed E-state index contributed by atoms with van der Waals surface area (Å²) in [6, 6.07) is 4.54. The summed E-state index contributed by atoms with van der Waals surface area (Å²) in [5.74, 6) is 0.879. The van der Waals surface area contributed by atoms with Crippen molar-refractivity contribution in [1.82, 2.24) is 4.90 Å². The lowest BCUT2D eigenvalue weighted by Crippen LogP contribution is -2.30. The summed E-state index contributed by atoms with van der Waals surface area (Å²) < 4.78 is 0. The van der Waals surface area contributed by atoms with Gasteiger partial charge in [0.15, 0.2) is 5.17 Å². The van der Waals surface area contributed by atoms with E-state index in [0.29, 0.717) is 23.8 Å². The highest BCUT2D eigenvalue weighted by Gasteiger charge is 2.24. The molecule has 0 atom stereocenters. The molecule has 0 spiro atoms. The Morgan fingerprint density at radius 3 is 2.90 bits per heavy atom. The van der Waals surface area contributed by atoms with Crippen LogP contribution in [-0.2, 0) is 4.79 Å². The SMILES string of the molecule is CCC(=O)N1CCS/C1=N\c1ccc([N+](=O)[O-])cc1C. The molecule has 0 bridgehead atoms. The van der Waals surface area contributed by atoms with E-state index >= 15 is 0 Å². The minimum atomic E-state index is -0.429. The summed E-state index contributed by atoms with van der Waals surface area (Å²) in [4.78, 5) is 28.2. The van der Waals surface area contributed by atoms with Crippen molar-refractivity contribution in [2.75, 3.05) is 12.3 Å². The molecular formula is C13H15N3O3S. The summed E-state index contributed by atoms with van der Waals surface area (Å²) >= 11 is 1.53. The van der Waals surface area contributed by atoms with Gasteiger partial charge in [-0.15, -0.1) is 0 Å². The van der Waals surface area contributed by atoms with Crippen molar-refractivity contribution in [3.8, 4) is 0 Å². The average molecular weight is 293 g/mol. The van der Waals surface area contributed by atoms with Gasteiger partial charge in [0.2, 0.25) is 5.91 Å². The van der Waals surface area contributed by atoms with Crippen LogP contribution in [0.1, 0.15) is 18.9 Å². The van der Waals surface area contributed by atoms with Crippen LogP contribution >= 0.6 is 11.8 Å². The number of hydrogen-bond donors (Lipinski definition) is 0. The normalized spacial score (nSPS) is 16.7. The standard InChI is InChI=1S/C13H15N3O3S/c1-3-12(17)15-6-7-20-13(15)14-11-5-4-10(16(18)19)8-9(11)2/h4-5,8H,3,6-7H2,1-2H3/b14-13-. The largest absolute Gasteiger partial charge is 0.290 e. The first-order valence-corrected chi connectivity index (χ1v) is 7.28. The number of carbonyl (C=O) groups is 1. The summed E-state index contributed by atoms with van der Waals surface area (Å²) in [7, 11) is 0. The third-order valence-corrected chi connectivity index (χ3v) is 3.94. The first-order chi connectivity index (χ1) is 9.52. The Labute approximate surface area is 121 Å². The lowest BCUT2D eigenvalue weighted by Gasteiger charge is -2.14. The fourth-order valence-corrected chi connectivity index (χ4v) is 2.87. The quantitative estimate of drug-likeness (QED) is 0.634. The zero-order valence-electron chi connectivity index (χ0n) is 11.3. The molecule has 0 N–H and O–H groups in total. The molecule has 0 unspecified atom stereocenters. The highest BCUT2D eigenvalue weighted by molar-refractivity contribution is 8.14. The molecule has 1 saturated heterocycles. The number of non-ortho nitro benzene ring substituents is 1. The number of nitro groups is 1. The zero-order valence-corrected chi connectivity index (χ0v) is 12.1. The third-order valence-electron chi connectivity index (χ3n) is 2.99. The van der Waals surface area contributed by atoms with Crippen LogP contribution in [0.25, 0.3) is 0 Å². The van der Waals surface area contributed by atoms with Crippen LogP contribution in [0.3, 0.4) is 0 Å². The van der Waals surface area contributed by atoms with Gasteiger partial charge in [-0.1, -0.05) is 18.7 Å². The first kappa shape index (κ1) is 14.5. The average Bonchev–Trinajstić information content (AvgIpc) is 2.88. The van der Waals surface area contributed by atoms with E-state index in [2.05, 4.69) is 4.99 Å². The van der Waals surface area contributed by atoms with Gasteiger partial charge in [-0.2, -0.15) is 0 Å². The van der Waals surface area contributed by atoms with Gasteiger partial charge in [-0.05, 0) is 18.6 Å². The maximum atomic E-state index is 11.8. The Morgan fingerprint density at radius 2 is 2.30 bits per heavy atom. The second-order valence-corrected chi connectivity index (χ2v) is 5.43. The number of rotatable bonds is 3. The predicted octanol–water partition coefficient (Wildman–Crippen LogP) is 2.88. The predicted molar refractivity (Wildman–Crippen MR) is 79.4 cm³/mol. The molecule has 1 amide bonds. The summed E-state index contributed by atoms with van der Waals surface area (Å²) in [6.07, 6.45) is 0.443. The highest BCUT2D eigenvalue weighted by atomic mass is 32.2. The molecule has 0 aromatic heterocycles. The van der Waals surface area contributed by atoms with E-state index in [4.69, 9.17) is 0 Å². The van der Waals surface area contributed by atoms with Crippen molar-refractivity contribution >= 4 is 34.2 Å². The molecule has 6 nitrogen and oxygen atoms in total. The Kier molecular flexibility index (Phi) is 4.39. The molecule has 1 aliphatic rings. The molecule has 2 rings (SSSR count). The molecule has 1 heterocycles. The van der Waals surface area contributed by atoms with Crippen molar-refractivity contribution in [2.24, 2.45) is 4.99 Å². The van der Waals surface area contributed by atoms with Gasteiger partial charge < -0.3 is 0 Å². The van der Waals surface area contributed by atoms with E-state index in [-0.39, 0.29) is 11.6 Å². The number of aryl methyl sites for hydroxylation is 1. The van der Waals surface area contributed by atoms with Gasteiger partial charge in [0.1, 0.15) is 0 Å². The van der Waals surface area contributed by atoms with Crippen LogP contribution in [0.5, 0.6) is 0 Å². The van der Waals surface area contributed by atoms with Gasteiger partial charge in [0.05, 0.1) is 10.6 Å². The molecule has 1 aromatic carbocycles. The zero-order chi connectivity index (χ0) is 14.7. The van der Waals surface area contributed by atoms with Crippen molar-refractivity contribution in [2.45, 2.75) is 20.3 Å². The van der Waals surface area contributed by atoms with Gasteiger partial charge in [0, 0.05) is 30.9 Å².